The van der Waals surface area contributed by atoms with Crippen LogP contribution in [0.5, 0.6) is 0 Å². The number of nitro benzene ring substituents is 1. The molecule has 0 saturated carbocycles. The number of anilines is 1. The number of nitrogens with zero attached hydrogens (tertiary/aromatic N) is 1. The molecule has 0 spiro atoms. The van der Waals surface area contributed by atoms with Crippen LogP contribution in [0.4, 0.5) is 11.4 Å². The molecule has 2 N–H and O–H groups in total. The van der Waals surface area contributed by atoms with Crippen LogP contribution in [0, 0.1) is 10.1 Å². The van der Waals surface area contributed by atoms with Crippen LogP contribution in [0.2, 0.25) is 0 Å². The van der Waals surface area contributed by atoms with E-state index in [2.05, 4.69) is 12.6 Å². The highest BCUT2D eigenvalue weighted by atomic mass is 32.1. The summed E-state index contributed by atoms with van der Waals surface area (Å²) >= 11 is 4.05. The maximum Gasteiger partial charge on any atom is 0.305 e. The molecule has 0 heterocycles. The van der Waals surface area contributed by atoms with E-state index in [9.17, 15) is 10.1 Å². The van der Waals surface area contributed by atoms with E-state index in [0.717, 1.165) is 0 Å². The smallest absolute Gasteiger partial charge is 0.305 e. The second kappa shape index (κ2) is 4.30. The van der Waals surface area contributed by atoms with E-state index in [1.165, 1.54) is 13.2 Å². The number of benzene rings is 1. The van der Waals surface area contributed by atoms with Crippen molar-refractivity contribution in [3.63, 3.8) is 0 Å². The quantitative estimate of drug-likeness (QED) is 0.347. The highest BCUT2D eigenvalue weighted by Gasteiger charge is 2.18. The monoisotopic (exact) mass is 214 g/mol. The molecule has 0 aliphatic rings. The number of nitro groups is 1. The molecule has 0 unspecified atom stereocenters. The lowest BCUT2D eigenvalue weighted by Gasteiger charge is -2.05. The van der Waals surface area contributed by atoms with Gasteiger partial charge in [0.1, 0.15) is 5.69 Å². The fraction of sp³-hybridized carbons (Fsp3) is 0.250. The van der Waals surface area contributed by atoms with E-state index in [1.54, 1.807) is 6.07 Å². The van der Waals surface area contributed by atoms with E-state index in [4.69, 9.17) is 10.5 Å². The van der Waals surface area contributed by atoms with Gasteiger partial charge in [0.15, 0.2) is 0 Å². The van der Waals surface area contributed by atoms with Crippen molar-refractivity contribution in [3.05, 3.63) is 27.8 Å². The van der Waals surface area contributed by atoms with Gasteiger partial charge in [0, 0.05) is 7.11 Å². The van der Waals surface area contributed by atoms with Gasteiger partial charge in [0.05, 0.1) is 16.4 Å². The van der Waals surface area contributed by atoms with Gasteiger partial charge in [-0.1, -0.05) is 6.07 Å². The highest BCUT2D eigenvalue weighted by molar-refractivity contribution is 7.80. The van der Waals surface area contributed by atoms with Crippen molar-refractivity contribution < 1.29 is 9.66 Å². The molecule has 0 aromatic heterocycles. The number of rotatable bonds is 3. The second-order valence-corrected chi connectivity index (χ2v) is 3.15. The van der Waals surface area contributed by atoms with Crippen molar-refractivity contribution in [3.8, 4) is 0 Å². The number of thiol groups is 1. The Bertz CT molecular complexity index is 368. The van der Waals surface area contributed by atoms with Crippen molar-refractivity contribution in [2.75, 3.05) is 12.8 Å². The standard InChI is InChI=1S/C8H10N2O3S/c1-13-4-5-2-3-6(9)7(8(5)14)10(11)12/h2-3,14H,4,9H2,1H3. The minimum atomic E-state index is -0.545. The number of nitrogens with two attached hydrogens (primary N) is 1. The zero-order valence-corrected chi connectivity index (χ0v) is 8.45. The van der Waals surface area contributed by atoms with Crippen LogP contribution in [-0.2, 0) is 11.3 Å². The Morgan fingerprint density at radius 1 is 1.64 bits per heavy atom. The van der Waals surface area contributed by atoms with Gasteiger partial charge in [-0.25, -0.2) is 0 Å². The van der Waals surface area contributed by atoms with Gasteiger partial charge in [-0.3, -0.25) is 10.1 Å². The van der Waals surface area contributed by atoms with E-state index < -0.39 is 4.92 Å². The van der Waals surface area contributed by atoms with Gasteiger partial charge >= 0.3 is 5.69 Å². The Morgan fingerprint density at radius 3 is 2.79 bits per heavy atom. The minimum Gasteiger partial charge on any atom is -0.393 e. The summed E-state index contributed by atoms with van der Waals surface area (Å²) in [7, 11) is 1.51. The molecule has 1 aromatic carbocycles. The maximum atomic E-state index is 10.6. The zero-order chi connectivity index (χ0) is 10.7. The molecule has 0 bridgehead atoms. The predicted molar refractivity (Wildman–Crippen MR) is 55.5 cm³/mol. The number of hydrogen-bond donors (Lipinski definition) is 2. The Morgan fingerprint density at radius 2 is 2.29 bits per heavy atom. The zero-order valence-electron chi connectivity index (χ0n) is 7.56. The molecule has 5 nitrogen and oxygen atoms in total. The minimum absolute atomic E-state index is 0.111. The normalized spacial score (nSPS) is 10.1. The first kappa shape index (κ1) is 10.8. The van der Waals surface area contributed by atoms with Crippen molar-refractivity contribution in [2.45, 2.75) is 11.5 Å². The molecule has 0 atom stereocenters. The van der Waals surface area contributed by atoms with Crippen molar-refractivity contribution in [1.82, 2.24) is 0 Å². The largest absolute Gasteiger partial charge is 0.393 e. The molecule has 0 fully saturated rings. The molecular formula is C8H10N2O3S. The van der Waals surface area contributed by atoms with Crippen LogP contribution in [0.3, 0.4) is 0 Å². The highest BCUT2D eigenvalue weighted by Crippen LogP contribution is 2.32. The average molecular weight is 214 g/mol. The SMILES string of the molecule is COCc1ccc(N)c([N+](=O)[O-])c1S. The molecule has 0 aliphatic heterocycles. The number of hydrogen-bond acceptors (Lipinski definition) is 5. The van der Waals surface area contributed by atoms with Gasteiger partial charge in [-0.2, -0.15) is 0 Å². The molecule has 0 amide bonds. The first-order valence-electron chi connectivity index (χ1n) is 3.81. The van der Waals surface area contributed by atoms with E-state index >= 15 is 0 Å². The van der Waals surface area contributed by atoms with Crippen LogP contribution < -0.4 is 5.73 Å². The molecule has 6 heteroatoms. The summed E-state index contributed by atoms with van der Waals surface area (Å²) in [5, 5.41) is 10.6. The van der Waals surface area contributed by atoms with Crippen LogP contribution in [0.15, 0.2) is 17.0 Å². The molecule has 1 aromatic rings. The van der Waals surface area contributed by atoms with Crippen molar-refractivity contribution >= 4 is 24.0 Å². The first-order chi connectivity index (χ1) is 6.57. The number of ether oxygens (including phenoxy) is 1. The van der Waals surface area contributed by atoms with E-state index in [-0.39, 0.29) is 22.9 Å². The first-order valence-corrected chi connectivity index (χ1v) is 4.26. The third-order valence-corrected chi connectivity index (χ3v) is 2.25. The molecule has 0 radical (unpaired) electrons. The molecule has 0 saturated heterocycles. The van der Waals surface area contributed by atoms with Gasteiger partial charge < -0.3 is 10.5 Å². The Balaban J connectivity index is 3.26. The van der Waals surface area contributed by atoms with Crippen LogP contribution in [-0.4, -0.2) is 12.0 Å². The lowest BCUT2D eigenvalue weighted by molar-refractivity contribution is -0.386. The lowest BCUT2D eigenvalue weighted by atomic mass is 10.2. The molecule has 76 valence electrons. The third kappa shape index (κ3) is 1.97. The van der Waals surface area contributed by atoms with E-state index in [1.807, 2.05) is 0 Å². The summed E-state index contributed by atoms with van der Waals surface area (Å²) in [6.07, 6.45) is 0. The van der Waals surface area contributed by atoms with Crippen molar-refractivity contribution in [1.29, 1.82) is 0 Å². The van der Waals surface area contributed by atoms with Crippen LogP contribution in [0.25, 0.3) is 0 Å². The maximum absolute atomic E-state index is 10.6. The van der Waals surface area contributed by atoms with Gasteiger partial charge in [0.25, 0.3) is 0 Å². The molecule has 0 aliphatic carbocycles. The third-order valence-electron chi connectivity index (χ3n) is 1.75. The summed E-state index contributed by atoms with van der Waals surface area (Å²) in [5.41, 5.74) is 6.05. The second-order valence-electron chi connectivity index (χ2n) is 2.70. The summed E-state index contributed by atoms with van der Waals surface area (Å²) in [6, 6.07) is 3.14. The summed E-state index contributed by atoms with van der Waals surface area (Å²) in [4.78, 5) is 10.4. The topological polar surface area (TPSA) is 78.4 Å². The summed E-state index contributed by atoms with van der Waals surface area (Å²) < 4.78 is 4.87. The fourth-order valence-corrected chi connectivity index (χ4v) is 1.45. The predicted octanol–water partition coefficient (Wildman–Crippen LogP) is 1.61. The number of nitrogen functional groups attached to an aromatic ring is 1. The van der Waals surface area contributed by atoms with Crippen molar-refractivity contribution in [2.24, 2.45) is 0 Å². The molecule has 14 heavy (non-hydrogen) atoms. The van der Waals surface area contributed by atoms with Crippen LogP contribution in [0.1, 0.15) is 5.56 Å². The lowest BCUT2D eigenvalue weighted by Crippen LogP contribution is -2.00. The van der Waals surface area contributed by atoms with Gasteiger partial charge in [-0.05, 0) is 11.6 Å². The molecular weight excluding hydrogens is 204 g/mol. The van der Waals surface area contributed by atoms with Crippen LogP contribution >= 0.6 is 12.6 Å². The van der Waals surface area contributed by atoms with Gasteiger partial charge in [0.2, 0.25) is 0 Å². The molecule has 1 rings (SSSR count). The summed E-state index contributed by atoms with van der Waals surface area (Å²) in [6.45, 7) is 0.278. The Labute approximate surface area is 86.4 Å². The summed E-state index contributed by atoms with van der Waals surface area (Å²) in [5.74, 6) is 0. The Hall–Kier alpha value is -1.27. The van der Waals surface area contributed by atoms with Gasteiger partial charge in [-0.15, -0.1) is 12.6 Å². The van der Waals surface area contributed by atoms with E-state index in [0.29, 0.717) is 5.56 Å². The Kier molecular flexibility index (Phi) is 3.32. The number of methoxy groups -OCH3 is 1. The average Bonchev–Trinajstić information content (AvgIpc) is 2.10. The fourth-order valence-electron chi connectivity index (χ4n) is 1.10.